The second kappa shape index (κ2) is 11.5. The van der Waals surface area contributed by atoms with Crippen molar-refractivity contribution in [1.29, 1.82) is 0 Å². The van der Waals surface area contributed by atoms with Gasteiger partial charge in [0, 0.05) is 28.6 Å². The van der Waals surface area contributed by atoms with Gasteiger partial charge in [0.05, 0.1) is 18.1 Å². The summed E-state index contributed by atoms with van der Waals surface area (Å²) in [7, 11) is 1.89. The Morgan fingerprint density at radius 1 is 1.12 bits per heavy atom. The molecule has 4 rings (SSSR count). The van der Waals surface area contributed by atoms with Crippen molar-refractivity contribution in [2.75, 3.05) is 17.7 Å². The molecular formula is C24H24ClN5O2S2. The number of amides is 1. The zero-order chi connectivity index (χ0) is 23.9. The molecule has 2 heterocycles. The summed E-state index contributed by atoms with van der Waals surface area (Å²) in [5.41, 5.74) is 2.68. The normalized spacial score (nSPS) is 10.9. The summed E-state index contributed by atoms with van der Waals surface area (Å²) in [5, 5.41) is 15.2. The maximum Gasteiger partial charge on any atom is 0.236 e. The Hall–Kier alpha value is -2.88. The van der Waals surface area contributed by atoms with Crippen molar-refractivity contribution in [3.8, 4) is 28.4 Å². The number of carbonyl (C=O) groups is 1. The molecule has 0 aliphatic carbocycles. The van der Waals surface area contributed by atoms with Crippen LogP contribution in [-0.4, -0.2) is 38.0 Å². The third-order valence-corrected chi connectivity index (χ3v) is 6.97. The van der Waals surface area contributed by atoms with Crippen molar-refractivity contribution >= 4 is 45.7 Å². The summed E-state index contributed by atoms with van der Waals surface area (Å²) >= 11 is 8.65. The first-order chi connectivity index (χ1) is 16.5. The number of unbranched alkanes of at least 4 members (excludes halogenated alkanes) is 1. The highest BCUT2D eigenvalue weighted by Crippen LogP contribution is 2.27. The molecular weight excluding hydrogens is 490 g/mol. The van der Waals surface area contributed by atoms with Gasteiger partial charge in [0.15, 0.2) is 16.1 Å². The van der Waals surface area contributed by atoms with E-state index in [1.165, 1.54) is 23.1 Å². The van der Waals surface area contributed by atoms with E-state index in [1.54, 1.807) is 0 Å². The van der Waals surface area contributed by atoms with Gasteiger partial charge in [-0.25, -0.2) is 4.98 Å². The Bertz CT molecular complexity index is 1240. The molecule has 0 unspecified atom stereocenters. The van der Waals surface area contributed by atoms with E-state index in [1.807, 2.05) is 65.5 Å². The van der Waals surface area contributed by atoms with Crippen molar-refractivity contribution in [3.05, 3.63) is 58.9 Å². The van der Waals surface area contributed by atoms with E-state index >= 15 is 0 Å². The number of ether oxygens (including phenoxy) is 1. The molecule has 1 amide bonds. The van der Waals surface area contributed by atoms with Gasteiger partial charge >= 0.3 is 0 Å². The van der Waals surface area contributed by atoms with Crippen LogP contribution in [0.2, 0.25) is 5.02 Å². The van der Waals surface area contributed by atoms with Crippen LogP contribution < -0.4 is 10.1 Å². The summed E-state index contributed by atoms with van der Waals surface area (Å²) < 4.78 is 7.60. The van der Waals surface area contributed by atoms with Crippen LogP contribution >= 0.6 is 34.7 Å². The first-order valence-corrected chi connectivity index (χ1v) is 13.0. The quantitative estimate of drug-likeness (QED) is 0.202. The molecule has 10 heteroatoms. The number of rotatable bonds is 10. The fourth-order valence-corrected chi connectivity index (χ4v) is 4.67. The van der Waals surface area contributed by atoms with Gasteiger partial charge in [0.1, 0.15) is 5.75 Å². The number of hydrogen-bond donors (Lipinski definition) is 1. The maximum absolute atomic E-state index is 12.5. The van der Waals surface area contributed by atoms with Crippen LogP contribution in [0.4, 0.5) is 5.13 Å². The van der Waals surface area contributed by atoms with Crippen LogP contribution in [0.1, 0.15) is 19.8 Å². The van der Waals surface area contributed by atoms with E-state index in [0.29, 0.717) is 21.9 Å². The number of thioether (sulfide) groups is 1. The van der Waals surface area contributed by atoms with Crippen molar-refractivity contribution in [3.63, 3.8) is 0 Å². The summed E-state index contributed by atoms with van der Waals surface area (Å²) in [6, 6.07) is 15.2. The maximum atomic E-state index is 12.5. The highest BCUT2D eigenvalue weighted by Gasteiger charge is 2.14. The molecule has 1 N–H and O–H groups in total. The average Bonchev–Trinajstić information content (AvgIpc) is 3.45. The number of carbonyl (C=O) groups excluding carboxylic acids is 1. The molecule has 0 fully saturated rings. The van der Waals surface area contributed by atoms with Crippen LogP contribution in [0.3, 0.4) is 0 Å². The van der Waals surface area contributed by atoms with Gasteiger partial charge in [0.25, 0.3) is 0 Å². The molecule has 34 heavy (non-hydrogen) atoms. The summed E-state index contributed by atoms with van der Waals surface area (Å²) in [4.78, 5) is 16.9. The Morgan fingerprint density at radius 2 is 1.85 bits per heavy atom. The number of benzene rings is 2. The lowest BCUT2D eigenvalue weighted by Crippen LogP contribution is -2.14. The summed E-state index contributed by atoms with van der Waals surface area (Å²) in [6.07, 6.45) is 2.13. The van der Waals surface area contributed by atoms with Crippen molar-refractivity contribution in [2.24, 2.45) is 7.05 Å². The van der Waals surface area contributed by atoms with Gasteiger partial charge < -0.3 is 14.6 Å². The lowest BCUT2D eigenvalue weighted by atomic mass is 10.2. The average molecular weight is 514 g/mol. The lowest BCUT2D eigenvalue weighted by Gasteiger charge is -2.07. The van der Waals surface area contributed by atoms with Gasteiger partial charge in [-0.2, -0.15) is 0 Å². The summed E-state index contributed by atoms with van der Waals surface area (Å²) in [6.45, 7) is 2.85. The number of aromatic nitrogens is 4. The van der Waals surface area contributed by atoms with Crippen LogP contribution in [0.25, 0.3) is 22.6 Å². The van der Waals surface area contributed by atoms with Crippen molar-refractivity contribution in [1.82, 2.24) is 19.7 Å². The molecule has 0 saturated heterocycles. The number of anilines is 1. The Morgan fingerprint density at radius 3 is 2.59 bits per heavy atom. The lowest BCUT2D eigenvalue weighted by molar-refractivity contribution is -0.113. The fourth-order valence-electron chi connectivity index (χ4n) is 3.10. The molecule has 0 aliphatic rings. The smallest absolute Gasteiger partial charge is 0.236 e. The number of hydrogen-bond acceptors (Lipinski definition) is 7. The predicted molar refractivity (Wildman–Crippen MR) is 139 cm³/mol. The van der Waals surface area contributed by atoms with E-state index < -0.39 is 0 Å². The van der Waals surface area contributed by atoms with Gasteiger partial charge in [0.2, 0.25) is 5.91 Å². The second-order valence-electron chi connectivity index (χ2n) is 7.47. The van der Waals surface area contributed by atoms with Crippen molar-refractivity contribution in [2.45, 2.75) is 24.9 Å². The number of thiazole rings is 1. The molecule has 2 aromatic heterocycles. The zero-order valence-electron chi connectivity index (χ0n) is 18.8. The van der Waals surface area contributed by atoms with Gasteiger partial charge in [-0.05, 0) is 42.8 Å². The predicted octanol–water partition coefficient (Wildman–Crippen LogP) is 6.17. The first-order valence-electron chi connectivity index (χ1n) is 10.8. The number of halogens is 1. The van der Waals surface area contributed by atoms with Crippen LogP contribution in [0.15, 0.2) is 59.1 Å². The van der Waals surface area contributed by atoms with E-state index in [2.05, 4.69) is 27.4 Å². The third kappa shape index (κ3) is 6.16. The van der Waals surface area contributed by atoms with Gasteiger partial charge in [-0.3, -0.25) is 4.79 Å². The Kier molecular flexibility index (Phi) is 8.21. The molecule has 0 spiro atoms. The van der Waals surface area contributed by atoms with Crippen LogP contribution in [0.5, 0.6) is 5.75 Å². The molecule has 0 bridgehead atoms. The first kappa shape index (κ1) is 24.3. The van der Waals surface area contributed by atoms with Crippen molar-refractivity contribution < 1.29 is 9.53 Å². The van der Waals surface area contributed by atoms with E-state index in [-0.39, 0.29) is 11.7 Å². The largest absolute Gasteiger partial charge is 0.494 e. The van der Waals surface area contributed by atoms with Crippen LogP contribution in [0, 0.1) is 0 Å². The molecule has 4 aromatic rings. The minimum Gasteiger partial charge on any atom is -0.494 e. The van der Waals surface area contributed by atoms with Crippen LogP contribution in [-0.2, 0) is 11.8 Å². The highest BCUT2D eigenvalue weighted by molar-refractivity contribution is 7.99. The summed E-state index contributed by atoms with van der Waals surface area (Å²) in [5.74, 6) is 1.62. The van der Waals surface area contributed by atoms with Gasteiger partial charge in [-0.15, -0.1) is 21.5 Å². The molecule has 2 aromatic carbocycles. The molecule has 0 aliphatic heterocycles. The molecule has 176 valence electrons. The monoisotopic (exact) mass is 513 g/mol. The minimum atomic E-state index is -0.153. The Labute approximate surface area is 211 Å². The number of nitrogens with one attached hydrogen (secondary N) is 1. The zero-order valence-corrected chi connectivity index (χ0v) is 21.2. The van der Waals surface area contributed by atoms with E-state index in [9.17, 15) is 4.79 Å². The molecule has 0 saturated carbocycles. The minimum absolute atomic E-state index is 0.153. The molecule has 7 nitrogen and oxygen atoms in total. The van der Waals surface area contributed by atoms with Gasteiger partial charge in [-0.1, -0.05) is 48.8 Å². The topological polar surface area (TPSA) is 81.9 Å². The SMILES string of the molecule is CCCCOc1ccc(-c2nnc(SCC(=O)Nc3nc(-c4ccc(Cl)cc4)cs3)n2C)cc1. The standard InChI is InChI=1S/C24H24ClN5O2S2/c1-3-4-13-32-19-11-7-17(8-12-19)22-28-29-24(30(22)2)34-15-21(31)27-23-26-20(14-33-23)16-5-9-18(25)10-6-16/h5-12,14H,3-4,13,15H2,1-2H3,(H,26,27,31). The highest BCUT2D eigenvalue weighted by atomic mass is 35.5. The fraction of sp³-hybridized carbons (Fsp3) is 0.250. The Balaban J connectivity index is 1.32. The third-order valence-electron chi connectivity index (χ3n) is 4.94. The van der Waals surface area contributed by atoms with E-state index in [4.69, 9.17) is 16.3 Å². The number of nitrogens with zero attached hydrogens (tertiary/aromatic N) is 4. The molecule has 0 atom stereocenters. The van der Waals surface area contributed by atoms with E-state index in [0.717, 1.165) is 41.2 Å². The second-order valence-corrected chi connectivity index (χ2v) is 9.71. The molecule has 0 radical (unpaired) electrons.